The Bertz CT molecular complexity index is 655. The number of rotatable bonds is 0. The van der Waals surface area contributed by atoms with Crippen molar-refractivity contribution < 1.29 is 0 Å². The molecule has 0 aromatic heterocycles. The summed E-state index contributed by atoms with van der Waals surface area (Å²) in [6, 6.07) is 8.56. The van der Waals surface area contributed by atoms with Crippen molar-refractivity contribution in [2.24, 2.45) is 0 Å². The van der Waals surface area contributed by atoms with Crippen LogP contribution in [0.2, 0.25) is 0 Å². The summed E-state index contributed by atoms with van der Waals surface area (Å²) < 4.78 is 4.40. The average molecular weight is 532 g/mol. The lowest BCUT2D eigenvalue weighted by molar-refractivity contribution is 1.12. The Kier molecular flexibility index (Phi) is 4.24. The van der Waals surface area contributed by atoms with Crippen LogP contribution < -0.4 is 0 Å². The maximum absolute atomic E-state index is 3.65. The van der Waals surface area contributed by atoms with Gasteiger partial charge in [0.05, 0.1) is 0 Å². The summed E-state index contributed by atoms with van der Waals surface area (Å²) in [5.74, 6) is 0. The highest BCUT2D eigenvalue weighted by Gasteiger charge is 2.21. The van der Waals surface area contributed by atoms with Gasteiger partial charge in [0.15, 0.2) is 0 Å². The second kappa shape index (κ2) is 5.45. The minimum atomic E-state index is 1.09. The fourth-order valence-electron chi connectivity index (χ4n) is 1.59. The molecule has 1 heterocycles. The molecule has 3 rings (SSSR count). The van der Waals surface area contributed by atoms with E-state index in [-0.39, 0.29) is 0 Å². The standard InChI is InChI=1S/C12H4Br4S2/c13-5-1-2-8-12(11(5)16)18-10-4-7(15)6(14)3-9(10)17-8/h1-4H. The molecule has 92 valence electrons. The van der Waals surface area contributed by atoms with Crippen molar-refractivity contribution in [2.75, 3.05) is 0 Å². The molecule has 0 fully saturated rings. The van der Waals surface area contributed by atoms with Crippen molar-refractivity contribution in [3.8, 4) is 0 Å². The molecule has 0 saturated carbocycles. The molecule has 0 N–H and O–H groups in total. The maximum atomic E-state index is 3.65. The zero-order valence-electron chi connectivity index (χ0n) is 8.64. The van der Waals surface area contributed by atoms with Gasteiger partial charge < -0.3 is 0 Å². The molecule has 18 heavy (non-hydrogen) atoms. The number of benzene rings is 2. The van der Waals surface area contributed by atoms with Crippen LogP contribution in [-0.4, -0.2) is 0 Å². The van der Waals surface area contributed by atoms with E-state index in [9.17, 15) is 0 Å². The zero-order chi connectivity index (χ0) is 12.9. The Balaban J connectivity index is 2.15. The summed E-state index contributed by atoms with van der Waals surface area (Å²) in [4.78, 5) is 5.13. The van der Waals surface area contributed by atoms with Crippen LogP contribution in [0.25, 0.3) is 0 Å². The molecule has 1 aliphatic rings. The van der Waals surface area contributed by atoms with Crippen LogP contribution in [0.15, 0.2) is 61.7 Å². The third-order valence-electron chi connectivity index (χ3n) is 2.43. The van der Waals surface area contributed by atoms with E-state index in [2.05, 4.69) is 88.0 Å². The van der Waals surface area contributed by atoms with Crippen LogP contribution in [-0.2, 0) is 0 Å². The molecular weight excluding hydrogens is 528 g/mol. The van der Waals surface area contributed by atoms with Gasteiger partial charge in [0.25, 0.3) is 0 Å². The largest absolute Gasteiger partial charge is 0.0876 e. The molecule has 0 unspecified atom stereocenters. The topological polar surface area (TPSA) is 0 Å². The smallest absolute Gasteiger partial charge is 0.0468 e. The van der Waals surface area contributed by atoms with E-state index in [4.69, 9.17) is 0 Å². The summed E-state index contributed by atoms with van der Waals surface area (Å²) in [6.07, 6.45) is 0. The Morgan fingerprint density at radius 3 is 1.94 bits per heavy atom. The van der Waals surface area contributed by atoms with E-state index in [0.717, 1.165) is 17.9 Å². The molecule has 1 aliphatic heterocycles. The first kappa shape index (κ1) is 14.0. The van der Waals surface area contributed by atoms with E-state index in [1.165, 1.54) is 19.6 Å². The lowest BCUT2D eigenvalue weighted by Crippen LogP contribution is -1.91. The SMILES string of the molecule is Brc1cc2c(cc1Br)Sc1c(ccc(Br)c1Br)S2. The first-order chi connectivity index (χ1) is 8.56. The highest BCUT2D eigenvalue weighted by Crippen LogP contribution is 2.53. The second-order valence-electron chi connectivity index (χ2n) is 3.61. The van der Waals surface area contributed by atoms with E-state index >= 15 is 0 Å². The molecule has 0 amide bonds. The summed E-state index contributed by atoms with van der Waals surface area (Å²) in [5, 5.41) is 0. The highest BCUT2D eigenvalue weighted by atomic mass is 79.9. The lowest BCUT2D eigenvalue weighted by Gasteiger charge is -2.20. The first-order valence-electron chi connectivity index (χ1n) is 4.89. The van der Waals surface area contributed by atoms with Crippen LogP contribution >= 0.6 is 87.2 Å². The molecule has 0 spiro atoms. The monoisotopic (exact) mass is 528 g/mol. The van der Waals surface area contributed by atoms with Gasteiger partial charge in [-0.25, -0.2) is 0 Å². The number of hydrogen-bond acceptors (Lipinski definition) is 2. The quantitative estimate of drug-likeness (QED) is 0.297. The Hall–Kier alpha value is 1.06. The molecule has 2 aromatic rings. The van der Waals surface area contributed by atoms with E-state index in [1.807, 2.05) is 0 Å². The van der Waals surface area contributed by atoms with Crippen LogP contribution in [0.1, 0.15) is 0 Å². The molecule has 6 heteroatoms. The molecule has 0 radical (unpaired) electrons. The van der Waals surface area contributed by atoms with Crippen LogP contribution in [0.4, 0.5) is 0 Å². The number of halogens is 4. The predicted molar refractivity (Wildman–Crippen MR) is 91.9 cm³/mol. The Labute approximate surface area is 147 Å². The van der Waals surface area contributed by atoms with Gasteiger partial charge in [-0.1, -0.05) is 23.5 Å². The molecule has 0 nitrogen and oxygen atoms in total. The average Bonchev–Trinajstić information content (AvgIpc) is 2.34. The van der Waals surface area contributed by atoms with Gasteiger partial charge in [-0.15, -0.1) is 0 Å². The van der Waals surface area contributed by atoms with Gasteiger partial charge in [-0.3, -0.25) is 0 Å². The molecule has 0 aliphatic carbocycles. The van der Waals surface area contributed by atoms with Crippen molar-refractivity contribution >= 4 is 87.2 Å². The third kappa shape index (κ3) is 2.49. The summed E-state index contributed by atoms with van der Waals surface area (Å²) in [7, 11) is 0. The molecule has 0 saturated heterocycles. The first-order valence-corrected chi connectivity index (χ1v) is 9.69. The Morgan fingerprint density at radius 1 is 0.667 bits per heavy atom. The van der Waals surface area contributed by atoms with Crippen molar-refractivity contribution in [3.05, 3.63) is 42.2 Å². The predicted octanol–water partition coefficient (Wildman–Crippen LogP) is 7.35. The summed E-state index contributed by atoms with van der Waals surface area (Å²) >= 11 is 17.9. The molecular formula is C12H4Br4S2. The minimum absolute atomic E-state index is 1.09. The minimum Gasteiger partial charge on any atom is -0.0876 e. The van der Waals surface area contributed by atoms with Gasteiger partial charge in [0.1, 0.15) is 0 Å². The molecule has 0 atom stereocenters. The lowest BCUT2D eigenvalue weighted by atomic mass is 10.3. The Morgan fingerprint density at radius 2 is 1.28 bits per heavy atom. The van der Waals surface area contributed by atoms with Gasteiger partial charge in [0.2, 0.25) is 0 Å². The van der Waals surface area contributed by atoms with E-state index < -0.39 is 0 Å². The summed E-state index contributed by atoms with van der Waals surface area (Å²) in [6.45, 7) is 0. The van der Waals surface area contributed by atoms with Gasteiger partial charge in [0, 0.05) is 37.5 Å². The normalized spacial score (nSPS) is 13.1. The number of hydrogen-bond donors (Lipinski definition) is 0. The number of fused-ring (bicyclic) bond motifs is 2. The van der Waals surface area contributed by atoms with E-state index in [0.29, 0.717) is 0 Å². The fourth-order valence-corrected chi connectivity index (χ4v) is 6.09. The van der Waals surface area contributed by atoms with E-state index in [1.54, 1.807) is 23.5 Å². The van der Waals surface area contributed by atoms with Gasteiger partial charge in [-0.05, 0) is 88.0 Å². The third-order valence-corrected chi connectivity index (χ3v) is 9.12. The van der Waals surface area contributed by atoms with Crippen molar-refractivity contribution in [1.29, 1.82) is 0 Å². The van der Waals surface area contributed by atoms with Crippen LogP contribution in [0.3, 0.4) is 0 Å². The van der Waals surface area contributed by atoms with Crippen LogP contribution in [0, 0.1) is 0 Å². The molecule has 0 bridgehead atoms. The highest BCUT2D eigenvalue weighted by molar-refractivity contribution is 9.13. The van der Waals surface area contributed by atoms with Crippen LogP contribution in [0.5, 0.6) is 0 Å². The van der Waals surface area contributed by atoms with Crippen molar-refractivity contribution in [2.45, 2.75) is 19.6 Å². The zero-order valence-corrected chi connectivity index (χ0v) is 16.6. The second-order valence-corrected chi connectivity index (χ2v) is 9.10. The summed E-state index contributed by atoms with van der Waals surface area (Å²) in [5.41, 5.74) is 0. The van der Waals surface area contributed by atoms with Crippen molar-refractivity contribution in [3.63, 3.8) is 0 Å². The van der Waals surface area contributed by atoms with Gasteiger partial charge in [-0.2, -0.15) is 0 Å². The molecule has 2 aromatic carbocycles. The fraction of sp³-hybridized carbons (Fsp3) is 0. The maximum Gasteiger partial charge on any atom is 0.0468 e. The van der Waals surface area contributed by atoms with Gasteiger partial charge >= 0.3 is 0 Å². The van der Waals surface area contributed by atoms with Crippen molar-refractivity contribution in [1.82, 2.24) is 0 Å².